The lowest BCUT2D eigenvalue weighted by Crippen LogP contribution is -2.20. The summed E-state index contributed by atoms with van der Waals surface area (Å²) in [7, 11) is -0.0877. The molecular formula is C12H15NO5S. The van der Waals surface area contributed by atoms with Gasteiger partial charge in [0.05, 0.1) is 23.7 Å². The van der Waals surface area contributed by atoms with Crippen LogP contribution in [0, 0.1) is 16.0 Å². The second kappa shape index (κ2) is 6.98. The Hall–Kier alpha value is -1.76. The van der Waals surface area contributed by atoms with Crippen LogP contribution in [0.3, 0.4) is 0 Å². The van der Waals surface area contributed by atoms with Crippen LogP contribution in [0.25, 0.3) is 0 Å². The first-order chi connectivity index (χ1) is 8.95. The first-order valence-electron chi connectivity index (χ1n) is 5.60. The lowest BCUT2D eigenvalue weighted by molar-refractivity contribution is -0.385. The van der Waals surface area contributed by atoms with Crippen LogP contribution in [0.1, 0.15) is 12.5 Å². The average Bonchev–Trinajstić information content (AvgIpc) is 2.37. The number of para-hydroxylation sites is 1. The Balaban J connectivity index is 2.72. The van der Waals surface area contributed by atoms with Crippen LogP contribution >= 0.6 is 0 Å². The Morgan fingerprint density at radius 3 is 2.68 bits per heavy atom. The highest BCUT2D eigenvalue weighted by molar-refractivity contribution is 7.84. The number of esters is 1. The third kappa shape index (κ3) is 4.44. The smallest absolute Gasteiger partial charge is 0.309 e. The van der Waals surface area contributed by atoms with Crippen LogP contribution in [-0.2, 0) is 26.1 Å². The average molecular weight is 285 g/mol. The topological polar surface area (TPSA) is 86.5 Å². The molecule has 1 aromatic rings. The number of methoxy groups -OCH3 is 1. The van der Waals surface area contributed by atoms with Crippen LogP contribution in [-0.4, -0.2) is 28.0 Å². The van der Waals surface area contributed by atoms with Crippen molar-refractivity contribution in [2.45, 2.75) is 12.7 Å². The molecule has 6 nitrogen and oxygen atoms in total. The van der Waals surface area contributed by atoms with E-state index >= 15 is 0 Å². The molecule has 0 fully saturated rings. The van der Waals surface area contributed by atoms with Gasteiger partial charge in [0.1, 0.15) is 0 Å². The highest BCUT2D eigenvalue weighted by atomic mass is 32.2. The van der Waals surface area contributed by atoms with Crippen molar-refractivity contribution in [3.63, 3.8) is 0 Å². The number of nitro groups is 1. The Morgan fingerprint density at radius 2 is 2.11 bits per heavy atom. The molecule has 1 rings (SSSR count). The quantitative estimate of drug-likeness (QED) is 0.450. The van der Waals surface area contributed by atoms with E-state index in [2.05, 4.69) is 4.74 Å². The molecule has 0 amide bonds. The minimum absolute atomic E-state index is 0.0541. The number of benzene rings is 1. The summed E-state index contributed by atoms with van der Waals surface area (Å²) in [6.45, 7) is 1.61. The molecule has 1 aromatic carbocycles. The molecule has 19 heavy (non-hydrogen) atoms. The fraction of sp³-hybridized carbons (Fsp3) is 0.417. The zero-order valence-electron chi connectivity index (χ0n) is 10.7. The summed E-state index contributed by atoms with van der Waals surface area (Å²) in [6.07, 6.45) is 0. The zero-order chi connectivity index (χ0) is 14.4. The molecular weight excluding hydrogens is 270 g/mol. The summed E-state index contributed by atoms with van der Waals surface area (Å²) >= 11 is 0. The van der Waals surface area contributed by atoms with Gasteiger partial charge in [-0.2, -0.15) is 0 Å². The Kier molecular flexibility index (Phi) is 5.62. The molecule has 0 heterocycles. The predicted octanol–water partition coefficient (Wildman–Crippen LogP) is 1.65. The number of carbonyl (C=O) groups excluding carboxylic acids is 1. The van der Waals surface area contributed by atoms with Crippen molar-refractivity contribution >= 4 is 22.5 Å². The Labute approximate surface area is 113 Å². The fourth-order valence-corrected chi connectivity index (χ4v) is 2.99. The molecule has 7 heteroatoms. The minimum atomic E-state index is -1.36. The normalized spacial score (nSPS) is 13.6. The maximum Gasteiger partial charge on any atom is 0.309 e. The number of hydrogen-bond acceptors (Lipinski definition) is 5. The first kappa shape index (κ1) is 15.3. The van der Waals surface area contributed by atoms with Gasteiger partial charge in [0.2, 0.25) is 0 Å². The summed E-state index contributed by atoms with van der Waals surface area (Å²) in [4.78, 5) is 21.5. The molecule has 0 aliphatic carbocycles. The van der Waals surface area contributed by atoms with Crippen LogP contribution in [0.2, 0.25) is 0 Å². The number of ether oxygens (including phenoxy) is 1. The van der Waals surface area contributed by atoms with E-state index in [9.17, 15) is 19.1 Å². The van der Waals surface area contributed by atoms with Gasteiger partial charge in [-0.15, -0.1) is 0 Å². The number of rotatable bonds is 6. The van der Waals surface area contributed by atoms with E-state index in [1.165, 1.54) is 13.2 Å². The van der Waals surface area contributed by atoms with Gasteiger partial charge < -0.3 is 4.74 Å². The van der Waals surface area contributed by atoms with Gasteiger partial charge in [-0.3, -0.25) is 19.1 Å². The molecule has 0 aromatic heterocycles. The molecule has 2 unspecified atom stereocenters. The number of carbonyl (C=O) groups is 1. The molecule has 0 aliphatic rings. The number of hydrogen-bond donors (Lipinski definition) is 0. The summed E-state index contributed by atoms with van der Waals surface area (Å²) in [5.74, 6) is -0.749. The first-order valence-corrected chi connectivity index (χ1v) is 7.09. The molecule has 104 valence electrons. The maximum absolute atomic E-state index is 11.9. The third-order valence-corrected chi connectivity index (χ3v) is 4.05. The second-order valence-electron chi connectivity index (χ2n) is 4.06. The van der Waals surface area contributed by atoms with Gasteiger partial charge in [0.25, 0.3) is 5.69 Å². The fourth-order valence-electron chi connectivity index (χ4n) is 1.59. The minimum Gasteiger partial charge on any atom is -0.469 e. The van der Waals surface area contributed by atoms with Crippen molar-refractivity contribution in [2.75, 3.05) is 12.9 Å². The second-order valence-corrected chi connectivity index (χ2v) is 5.56. The highest BCUT2D eigenvalue weighted by Crippen LogP contribution is 2.19. The summed E-state index contributed by atoms with van der Waals surface area (Å²) in [5, 5.41) is 10.8. The molecule has 0 radical (unpaired) electrons. The van der Waals surface area contributed by atoms with Gasteiger partial charge in [0.15, 0.2) is 0 Å². The van der Waals surface area contributed by atoms with E-state index in [1.54, 1.807) is 25.1 Å². The van der Waals surface area contributed by atoms with Gasteiger partial charge in [-0.1, -0.05) is 25.1 Å². The highest BCUT2D eigenvalue weighted by Gasteiger charge is 2.19. The molecule has 0 aliphatic heterocycles. The van der Waals surface area contributed by atoms with E-state index in [0.29, 0.717) is 5.56 Å². The lowest BCUT2D eigenvalue weighted by atomic mass is 10.2. The van der Waals surface area contributed by atoms with E-state index < -0.39 is 27.6 Å². The largest absolute Gasteiger partial charge is 0.469 e. The monoisotopic (exact) mass is 285 g/mol. The van der Waals surface area contributed by atoms with Crippen molar-refractivity contribution in [1.29, 1.82) is 0 Å². The third-order valence-electron chi connectivity index (χ3n) is 2.54. The Bertz CT molecular complexity index is 503. The van der Waals surface area contributed by atoms with Crippen molar-refractivity contribution < 1.29 is 18.7 Å². The van der Waals surface area contributed by atoms with Crippen molar-refractivity contribution in [2.24, 2.45) is 5.92 Å². The van der Waals surface area contributed by atoms with E-state index in [0.717, 1.165) is 0 Å². The van der Waals surface area contributed by atoms with E-state index in [1.807, 2.05) is 0 Å². The molecule has 0 spiro atoms. The number of nitro benzene ring substituents is 1. The van der Waals surface area contributed by atoms with Crippen LogP contribution in [0.5, 0.6) is 0 Å². The van der Waals surface area contributed by atoms with Crippen molar-refractivity contribution in [1.82, 2.24) is 0 Å². The number of nitrogens with zero attached hydrogens (tertiary/aromatic N) is 1. The molecule has 2 atom stereocenters. The predicted molar refractivity (Wildman–Crippen MR) is 71.0 cm³/mol. The summed E-state index contributed by atoms with van der Waals surface area (Å²) < 4.78 is 16.4. The van der Waals surface area contributed by atoms with E-state index in [4.69, 9.17) is 0 Å². The Morgan fingerprint density at radius 1 is 1.47 bits per heavy atom. The van der Waals surface area contributed by atoms with Crippen molar-refractivity contribution in [3.05, 3.63) is 39.9 Å². The molecule has 0 saturated heterocycles. The summed E-state index contributed by atoms with van der Waals surface area (Å²) in [5.41, 5.74) is 0.351. The standard InChI is InChI=1S/C12H15NO5S/c1-9(12(14)18-2)7-19(17)8-10-5-3-4-6-11(10)13(15)16/h3-6,9H,7-8H2,1-2H3. The van der Waals surface area contributed by atoms with Gasteiger partial charge in [-0.25, -0.2) is 0 Å². The van der Waals surface area contributed by atoms with Gasteiger partial charge >= 0.3 is 5.97 Å². The van der Waals surface area contributed by atoms with Gasteiger partial charge in [-0.05, 0) is 0 Å². The maximum atomic E-state index is 11.9. The molecule has 0 bridgehead atoms. The van der Waals surface area contributed by atoms with Crippen LogP contribution in [0.4, 0.5) is 5.69 Å². The lowest BCUT2D eigenvalue weighted by Gasteiger charge is -2.08. The van der Waals surface area contributed by atoms with Crippen LogP contribution < -0.4 is 0 Å². The summed E-state index contributed by atoms with van der Waals surface area (Å²) in [6, 6.07) is 6.15. The molecule has 0 N–H and O–H groups in total. The van der Waals surface area contributed by atoms with Gasteiger partial charge in [0, 0.05) is 28.2 Å². The van der Waals surface area contributed by atoms with Crippen LogP contribution in [0.15, 0.2) is 24.3 Å². The SMILES string of the molecule is COC(=O)C(C)CS(=O)Cc1ccccc1[N+](=O)[O-]. The zero-order valence-corrected chi connectivity index (χ0v) is 11.5. The molecule has 0 saturated carbocycles. The van der Waals surface area contributed by atoms with E-state index in [-0.39, 0.29) is 17.2 Å². The van der Waals surface area contributed by atoms with Crippen molar-refractivity contribution in [3.8, 4) is 0 Å².